The predicted molar refractivity (Wildman–Crippen MR) is 103 cm³/mol. The molecule has 1 atom stereocenters. The van der Waals surface area contributed by atoms with Crippen molar-refractivity contribution in [3.8, 4) is 11.5 Å². The van der Waals surface area contributed by atoms with Gasteiger partial charge in [0.25, 0.3) is 5.89 Å². The van der Waals surface area contributed by atoms with E-state index in [9.17, 15) is 4.79 Å². The number of aromatic nitrogens is 3. The number of thiophene rings is 1. The molecule has 0 N–H and O–H groups in total. The number of aryl methyl sites for hydroxylation is 1. The largest absolute Gasteiger partial charge is 0.342 e. The zero-order valence-corrected chi connectivity index (χ0v) is 15.9. The van der Waals surface area contributed by atoms with E-state index in [0.717, 1.165) is 55.7 Å². The average molecular weight is 382 g/mol. The summed E-state index contributed by atoms with van der Waals surface area (Å²) in [7, 11) is 0. The van der Waals surface area contributed by atoms with Gasteiger partial charge in [-0.05, 0) is 59.7 Å². The Morgan fingerprint density at radius 1 is 1.37 bits per heavy atom. The zero-order valence-electron chi connectivity index (χ0n) is 15.1. The van der Waals surface area contributed by atoms with Crippen LogP contribution in [0.5, 0.6) is 0 Å². The van der Waals surface area contributed by atoms with Crippen molar-refractivity contribution in [3.05, 3.63) is 52.7 Å². The normalized spacial score (nSPS) is 17.2. The molecule has 1 aliphatic rings. The number of piperidine rings is 1. The van der Waals surface area contributed by atoms with Crippen LogP contribution >= 0.6 is 11.3 Å². The van der Waals surface area contributed by atoms with Gasteiger partial charge in [-0.1, -0.05) is 5.16 Å². The van der Waals surface area contributed by atoms with Crippen molar-refractivity contribution < 1.29 is 9.32 Å². The molecule has 0 radical (unpaired) electrons. The van der Waals surface area contributed by atoms with Gasteiger partial charge in [-0.3, -0.25) is 9.78 Å². The van der Waals surface area contributed by atoms with Crippen LogP contribution in [0.25, 0.3) is 11.5 Å². The number of rotatable bonds is 6. The molecule has 1 saturated heterocycles. The van der Waals surface area contributed by atoms with E-state index in [4.69, 9.17) is 4.52 Å². The van der Waals surface area contributed by atoms with Crippen molar-refractivity contribution in [3.63, 3.8) is 0 Å². The smallest absolute Gasteiger partial charge is 0.259 e. The summed E-state index contributed by atoms with van der Waals surface area (Å²) in [5.41, 5.74) is 1.95. The van der Waals surface area contributed by atoms with Crippen LogP contribution in [0.2, 0.25) is 0 Å². The molecular formula is C20H22N4O2S. The number of carbonyl (C=O) groups is 1. The second-order valence-corrected chi connectivity index (χ2v) is 7.73. The first-order valence-electron chi connectivity index (χ1n) is 9.30. The standard InChI is InChI=1S/C20H22N4O2S/c25-19(11-16-7-10-27-14-16)24-9-2-3-15(13-24)5-6-18-22-20(26-23-18)17-4-1-8-21-12-17/h1,4,7-8,10,12,14-15H,2-3,5-6,9,11,13H2. The second-order valence-electron chi connectivity index (χ2n) is 6.95. The number of nitrogens with zero attached hydrogens (tertiary/aromatic N) is 4. The molecule has 1 unspecified atom stereocenters. The SMILES string of the molecule is O=C(Cc1ccsc1)N1CCCC(CCc2noc(-c3cccnc3)n2)C1. The molecule has 140 valence electrons. The highest BCUT2D eigenvalue weighted by atomic mass is 32.1. The summed E-state index contributed by atoms with van der Waals surface area (Å²) in [5, 5.41) is 8.16. The lowest BCUT2D eigenvalue weighted by atomic mass is 9.93. The summed E-state index contributed by atoms with van der Waals surface area (Å²) in [6.45, 7) is 1.70. The number of carbonyl (C=O) groups excluding carboxylic acids is 1. The molecule has 3 aromatic rings. The molecule has 0 saturated carbocycles. The number of pyridine rings is 1. The molecule has 0 bridgehead atoms. The minimum atomic E-state index is 0.233. The Balaban J connectivity index is 1.29. The van der Waals surface area contributed by atoms with E-state index < -0.39 is 0 Å². The highest BCUT2D eigenvalue weighted by molar-refractivity contribution is 7.08. The molecule has 27 heavy (non-hydrogen) atoms. The number of hydrogen-bond acceptors (Lipinski definition) is 6. The third-order valence-corrected chi connectivity index (χ3v) is 5.69. The van der Waals surface area contributed by atoms with E-state index in [1.807, 2.05) is 28.5 Å². The van der Waals surface area contributed by atoms with Crippen LogP contribution in [0.4, 0.5) is 0 Å². The van der Waals surface area contributed by atoms with Crippen molar-refractivity contribution in [2.75, 3.05) is 13.1 Å². The van der Waals surface area contributed by atoms with Gasteiger partial charge in [-0.25, -0.2) is 0 Å². The monoisotopic (exact) mass is 382 g/mol. The summed E-state index contributed by atoms with van der Waals surface area (Å²) in [5.74, 6) is 1.95. The van der Waals surface area contributed by atoms with Crippen LogP contribution in [-0.4, -0.2) is 39.0 Å². The Morgan fingerprint density at radius 2 is 2.33 bits per heavy atom. The summed E-state index contributed by atoms with van der Waals surface area (Å²) < 4.78 is 5.34. The van der Waals surface area contributed by atoms with Gasteiger partial charge in [0, 0.05) is 31.9 Å². The Labute approximate surface area is 162 Å². The average Bonchev–Trinajstić information content (AvgIpc) is 3.39. The maximum Gasteiger partial charge on any atom is 0.259 e. The van der Waals surface area contributed by atoms with Crippen molar-refractivity contribution in [1.82, 2.24) is 20.0 Å². The van der Waals surface area contributed by atoms with E-state index in [2.05, 4.69) is 20.5 Å². The molecular weight excluding hydrogens is 360 g/mol. The summed E-state index contributed by atoms with van der Waals surface area (Å²) >= 11 is 1.64. The fourth-order valence-corrected chi connectivity index (χ4v) is 4.17. The number of hydrogen-bond donors (Lipinski definition) is 0. The fourth-order valence-electron chi connectivity index (χ4n) is 3.50. The highest BCUT2D eigenvalue weighted by Gasteiger charge is 2.24. The van der Waals surface area contributed by atoms with Crippen LogP contribution in [0.1, 0.15) is 30.7 Å². The van der Waals surface area contributed by atoms with Crippen molar-refractivity contribution >= 4 is 17.2 Å². The highest BCUT2D eigenvalue weighted by Crippen LogP contribution is 2.23. The Hall–Kier alpha value is -2.54. The lowest BCUT2D eigenvalue weighted by Crippen LogP contribution is -2.40. The molecule has 6 nitrogen and oxygen atoms in total. The molecule has 0 spiro atoms. The van der Waals surface area contributed by atoms with Crippen LogP contribution in [-0.2, 0) is 17.6 Å². The van der Waals surface area contributed by atoms with Crippen LogP contribution in [0, 0.1) is 5.92 Å². The first kappa shape index (κ1) is 17.9. The molecule has 1 amide bonds. The molecule has 0 aliphatic carbocycles. The van der Waals surface area contributed by atoms with Gasteiger partial charge in [0.2, 0.25) is 5.91 Å². The van der Waals surface area contributed by atoms with Gasteiger partial charge < -0.3 is 9.42 Å². The molecule has 4 rings (SSSR count). The van der Waals surface area contributed by atoms with Gasteiger partial charge in [0.05, 0.1) is 12.0 Å². The lowest BCUT2D eigenvalue weighted by Gasteiger charge is -2.32. The summed E-state index contributed by atoms with van der Waals surface area (Å²) in [4.78, 5) is 23.1. The van der Waals surface area contributed by atoms with Crippen LogP contribution in [0.15, 0.2) is 45.9 Å². The summed E-state index contributed by atoms with van der Waals surface area (Å²) in [6, 6.07) is 5.78. The Kier molecular flexibility index (Phi) is 5.58. The van der Waals surface area contributed by atoms with E-state index in [1.165, 1.54) is 0 Å². The molecule has 7 heteroatoms. The Bertz CT molecular complexity index is 863. The molecule has 4 heterocycles. The van der Waals surface area contributed by atoms with Gasteiger partial charge in [0.15, 0.2) is 5.82 Å². The third kappa shape index (κ3) is 4.60. The van der Waals surface area contributed by atoms with E-state index in [-0.39, 0.29) is 5.91 Å². The van der Waals surface area contributed by atoms with Gasteiger partial charge >= 0.3 is 0 Å². The minimum absolute atomic E-state index is 0.233. The number of likely N-dealkylation sites (tertiary alicyclic amines) is 1. The van der Waals surface area contributed by atoms with Crippen LogP contribution < -0.4 is 0 Å². The van der Waals surface area contributed by atoms with E-state index in [0.29, 0.717) is 18.2 Å². The van der Waals surface area contributed by atoms with Crippen LogP contribution in [0.3, 0.4) is 0 Å². The van der Waals surface area contributed by atoms with Crippen molar-refractivity contribution in [2.24, 2.45) is 5.92 Å². The van der Waals surface area contributed by atoms with E-state index in [1.54, 1.807) is 23.7 Å². The second kappa shape index (κ2) is 8.43. The molecule has 1 fully saturated rings. The minimum Gasteiger partial charge on any atom is -0.342 e. The lowest BCUT2D eigenvalue weighted by molar-refractivity contribution is -0.132. The van der Waals surface area contributed by atoms with Gasteiger partial charge in [-0.2, -0.15) is 16.3 Å². The molecule has 1 aliphatic heterocycles. The first-order valence-corrected chi connectivity index (χ1v) is 10.2. The Morgan fingerprint density at radius 3 is 3.15 bits per heavy atom. The summed E-state index contributed by atoms with van der Waals surface area (Å²) in [6.07, 6.45) is 7.89. The van der Waals surface area contributed by atoms with Crippen molar-refractivity contribution in [2.45, 2.75) is 32.1 Å². The maximum absolute atomic E-state index is 12.5. The fraction of sp³-hybridized carbons (Fsp3) is 0.400. The molecule has 3 aromatic heterocycles. The van der Waals surface area contributed by atoms with Gasteiger partial charge in [-0.15, -0.1) is 0 Å². The number of amides is 1. The topological polar surface area (TPSA) is 72.1 Å². The zero-order chi connectivity index (χ0) is 18.5. The van der Waals surface area contributed by atoms with E-state index >= 15 is 0 Å². The van der Waals surface area contributed by atoms with Crippen molar-refractivity contribution in [1.29, 1.82) is 0 Å². The predicted octanol–water partition coefficient (Wildman–Crippen LogP) is 3.61. The maximum atomic E-state index is 12.5. The molecule has 0 aromatic carbocycles. The first-order chi connectivity index (χ1) is 13.3. The van der Waals surface area contributed by atoms with Gasteiger partial charge in [0.1, 0.15) is 0 Å². The quantitative estimate of drug-likeness (QED) is 0.651. The third-order valence-electron chi connectivity index (χ3n) is 4.96.